The van der Waals surface area contributed by atoms with Gasteiger partial charge in [0.1, 0.15) is 0 Å². The first kappa shape index (κ1) is 12.3. The Morgan fingerprint density at radius 3 is 2.94 bits per heavy atom. The van der Waals surface area contributed by atoms with Crippen molar-refractivity contribution in [3.05, 3.63) is 20.8 Å². The molecule has 1 atom stereocenters. The monoisotopic (exact) mass is 287 g/mol. The molecule has 1 aromatic heterocycles. The largest absolute Gasteiger partial charge is 0.310 e. The quantitative estimate of drug-likeness (QED) is 0.897. The third-order valence-electron chi connectivity index (χ3n) is 3.84. The van der Waals surface area contributed by atoms with Crippen LogP contribution in [0.4, 0.5) is 0 Å². The van der Waals surface area contributed by atoms with E-state index in [4.69, 9.17) is 11.6 Å². The Labute approximate surface area is 116 Å². The van der Waals surface area contributed by atoms with Crippen LogP contribution in [-0.2, 0) is 6.42 Å². The van der Waals surface area contributed by atoms with Crippen LogP contribution in [0.1, 0.15) is 35.7 Å². The number of fused-ring (bicyclic) bond motifs is 1. The molecular formula is C13H18ClNS2. The number of hydrogen-bond acceptors (Lipinski definition) is 3. The summed E-state index contributed by atoms with van der Waals surface area (Å²) in [6.07, 6.45) is 5.26. The predicted molar refractivity (Wildman–Crippen MR) is 78.4 cm³/mol. The highest BCUT2D eigenvalue weighted by Gasteiger charge is 2.25. The molecule has 1 aliphatic heterocycles. The van der Waals surface area contributed by atoms with Gasteiger partial charge in [0.05, 0.1) is 4.34 Å². The van der Waals surface area contributed by atoms with Crippen molar-refractivity contribution < 1.29 is 0 Å². The Balaban J connectivity index is 1.56. The minimum absolute atomic E-state index is 0.573. The fourth-order valence-electron chi connectivity index (χ4n) is 2.80. The number of rotatable bonds is 3. The second-order valence-electron chi connectivity index (χ2n) is 4.98. The number of nitrogens with one attached hydrogen (secondary N) is 1. The van der Waals surface area contributed by atoms with Crippen molar-refractivity contribution in [3.63, 3.8) is 0 Å². The molecule has 1 N–H and O–H groups in total. The maximum absolute atomic E-state index is 6.08. The average molecular weight is 288 g/mol. The van der Waals surface area contributed by atoms with E-state index in [1.165, 1.54) is 54.2 Å². The second-order valence-corrected chi connectivity index (χ2v) is 7.98. The van der Waals surface area contributed by atoms with Crippen molar-refractivity contribution in [2.45, 2.75) is 31.7 Å². The summed E-state index contributed by atoms with van der Waals surface area (Å²) in [4.78, 5) is 1.51. The molecule has 1 nitrogen and oxygen atoms in total. The molecule has 0 bridgehead atoms. The summed E-state index contributed by atoms with van der Waals surface area (Å²) in [5.74, 6) is 3.61. The van der Waals surface area contributed by atoms with Gasteiger partial charge in [0.2, 0.25) is 0 Å². The van der Waals surface area contributed by atoms with E-state index in [1.807, 2.05) is 0 Å². The SMILES string of the molecule is Clc1cc2c(s1)CCC2NCC1CCSCC1. The van der Waals surface area contributed by atoms with Gasteiger partial charge in [-0.05, 0) is 61.3 Å². The lowest BCUT2D eigenvalue weighted by atomic mass is 10.0. The van der Waals surface area contributed by atoms with Crippen LogP contribution >= 0.6 is 34.7 Å². The molecule has 2 aliphatic rings. The van der Waals surface area contributed by atoms with Gasteiger partial charge in [0, 0.05) is 10.9 Å². The number of thioether (sulfide) groups is 1. The normalized spacial score (nSPS) is 25.1. The molecule has 2 heterocycles. The van der Waals surface area contributed by atoms with E-state index in [9.17, 15) is 0 Å². The number of aryl methyl sites for hydroxylation is 1. The molecule has 17 heavy (non-hydrogen) atoms. The summed E-state index contributed by atoms with van der Waals surface area (Å²) < 4.78 is 0.954. The van der Waals surface area contributed by atoms with E-state index in [1.54, 1.807) is 11.3 Å². The molecule has 1 unspecified atom stereocenters. The van der Waals surface area contributed by atoms with Crippen molar-refractivity contribution >= 4 is 34.7 Å². The van der Waals surface area contributed by atoms with Gasteiger partial charge in [0.25, 0.3) is 0 Å². The van der Waals surface area contributed by atoms with E-state index in [0.29, 0.717) is 6.04 Å². The van der Waals surface area contributed by atoms with Crippen LogP contribution in [-0.4, -0.2) is 18.1 Å². The maximum atomic E-state index is 6.08. The third-order valence-corrected chi connectivity index (χ3v) is 6.23. The lowest BCUT2D eigenvalue weighted by Crippen LogP contribution is -2.28. The molecule has 0 spiro atoms. The van der Waals surface area contributed by atoms with E-state index < -0.39 is 0 Å². The van der Waals surface area contributed by atoms with Crippen molar-refractivity contribution in [1.29, 1.82) is 0 Å². The van der Waals surface area contributed by atoms with Crippen molar-refractivity contribution in [3.8, 4) is 0 Å². The predicted octanol–water partition coefficient (Wildman–Crippen LogP) is 4.12. The van der Waals surface area contributed by atoms with Crippen LogP contribution in [0.25, 0.3) is 0 Å². The smallest absolute Gasteiger partial charge is 0.0934 e. The Bertz CT molecular complexity index is 385. The summed E-state index contributed by atoms with van der Waals surface area (Å²) in [6.45, 7) is 1.19. The molecule has 4 heteroatoms. The summed E-state index contributed by atoms with van der Waals surface area (Å²) in [5, 5.41) is 3.76. The molecular weight excluding hydrogens is 270 g/mol. The average Bonchev–Trinajstić information content (AvgIpc) is 2.87. The van der Waals surface area contributed by atoms with Gasteiger partial charge >= 0.3 is 0 Å². The molecule has 1 fully saturated rings. The van der Waals surface area contributed by atoms with Crippen molar-refractivity contribution in [2.24, 2.45) is 5.92 Å². The summed E-state index contributed by atoms with van der Waals surface area (Å²) in [5.41, 5.74) is 1.48. The summed E-state index contributed by atoms with van der Waals surface area (Å²) in [7, 11) is 0. The highest BCUT2D eigenvalue weighted by atomic mass is 35.5. The Morgan fingerprint density at radius 2 is 2.12 bits per heavy atom. The van der Waals surface area contributed by atoms with Gasteiger partial charge in [-0.15, -0.1) is 11.3 Å². The highest BCUT2D eigenvalue weighted by Crippen LogP contribution is 2.39. The lowest BCUT2D eigenvalue weighted by Gasteiger charge is -2.23. The van der Waals surface area contributed by atoms with E-state index in [2.05, 4.69) is 23.1 Å². The molecule has 3 rings (SSSR count). The lowest BCUT2D eigenvalue weighted by molar-refractivity contribution is 0.409. The van der Waals surface area contributed by atoms with Gasteiger partial charge in [-0.1, -0.05) is 11.6 Å². The van der Waals surface area contributed by atoms with Gasteiger partial charge in [-0.2, -0.15) is 11.8 Å². The first-order chi connectivity index (χ1) is 8.33. The fraction of sp³-hybridized carbons (Fsp3) is 0.692. The Hall–Kier alpha value is 0.300. The van der Waals surface area contributed by atoms with Gasteiger partial charge in [-0.3, -0.25) is 0 Å². The highest BCUT2D eigenvalue weighted by molar-refractivity contribution is 7.99. The minimum Gasteiger partial charge on any atom is -0.310 e. The van der Waals surface area contributed by atoms with Crippen molar-refractivity contribution in [1.82, 2.24) is 5.32 Å². The van der Waals surface area contributed by atoms with E-state index in [-0.39, 0.29) is 0 Å². The zero-order chi connectivity index (χ0) is 11.7. The number of thiophene rings is 1. The minimum atomic E-state index is 0.573. The standard InChI is InChI=1S/C13H18ClNS2/c14-13-7-10-11(1-2-12(10)17-13)15-8-9-3-5-16-6-4-9/h7,9,11,15H,1-6,8H2. The molecule has 1 saturated heterocycles. The van der Waals surface area contributed by atoms with Crippen LogP contribution in [0.5, 0.6) is 0 Å². The summed E-state index contributed by atoms with van der Waals surface area (Å²) in [6, 6.07) is 2.74. The van der Waals surface area contributed by atoms with Crippen LogP contribution in [0.3, 0.4) is 0 Å². The number of halogens is 1. The van der Waals surface area contributed by atoms with Gasteiger partial charge < -0.3 is 5.32 Å². The molecule has 94 valence electrons. The zero-order valence-corrected chi connectivity index (χ0v) is 12.3. The van der Waals surface area contributed by atoms with Crippen LogP contribution in [0.15, 0.2) is 6.07 Å². The topological polar surface area (TPSA) is 12.0 Å². The van der Waals surface area contributed by atoms with Gasteiger partial charge in [0.15, 0.2) is 0 Å². The molecule has 0 saturated carbocycles. The van der Waals surface area contributed by atoms with Crippen molar-refractivity contribution in [2.75, 3.05) is 18.1 Å². The molecule has 0 radical (unpaired) electrons. The molecule has 0 amide bonds. The first-order valence-corrected chi connectivity index (χ1v) is 8.77. The third kappa shape index (κ3) is 2.83. The molecule has 1 aromatic rings. The van der Waals surface area contributed by atoms with E-state index in [0.717, 1.165) is 10.3 Å². The number of hydrogen-bond donors (Lipinski definition) is 1. The summed E-state index contributed by atoms with van der Waals surface area (Å²) >= 11 is 9.95. The zero-order valence-electron chi connectivity index (χ0n) is 9.88. The van der Waals surface area contributed by atoms with Crippen LogP contribution in [0, 0.1) is 5.92 Å². The van der Waals surface area contributed by atoms with E-state index >= 15 is 0 Å². The Morgan fingerprint density at radius 1 is 1.29 bits per heavy atom. The maximum Gasteiger partial charge on any atom is 0.0934 e. The fourth-order valence-corrected chi connectivity index (χ4v) is 5.36. The van der Waals surface area contributed by atoms with Crippen LogP contribution in [0.2, 0.25) is 4.34 Å². The molecule has 0 aromatic carbocycles. The second kappa shape index (κ2) is 5.52. The first-order valence-electron chi connectivity index (χ1n) is 6.42. The molecule has 1 aliphatic carbocycles. The van der Waals surface area contributed by atoms with Crippen LogP contribution < -0.4 is 5.32 Å². The Kier molecular flexibility index (Phi) is 4.00. The van der Waals surface area contributed by atoms with Gasteiger partial charge in [-0.25, -0.2) is 0 Å².